The summed E-state index contributed by atoms with van der Waals surface area (Å²) in [5, 5.41) is 0. The molecule has 1 heterocycles. The minimum Gasteiger partial charge on any atom is -0.339 e. The first kappa shape index (κ1) is 19.5. The summed E-state index contributed by atoms with van der Waals surface area (Å²) in [7, 11) is 0. The molecule has 0 radical (unpaired) electrons. The fourth-order valence-corrected chi connectivity index (χ4v) is 3.51. The van der Waals surface area contributed by atoms with Crippen LogP contribution in [0.25, 0.3) is 0 Å². The van der Waals surface area contributed by atoms with Crippen molar-refractivity contribution in [1.29, 1.82) is 0 Å². The second kappa shape index (κ2) is 11.9. The van der Waals surface area contributed by atoms with Crippen molar-refractivity contribution in [2.45, 2.75) is 91.0 Å². The van der Waals surface area contributed by atoms with E-state index in [9.17, 15) is 4.79 Å². The first-order chi connectivity index (χ1) is 10.7. The van der Waals surface area contributed by atoms with Crippen molar-refractivity contribution in [2.75, 3.05) is 26.2 Å². The highest BCUT2D eigenvalue weighted by Gasteiger charge is 2.22. The van der Waals surface area contributed by atoms with Gasteiger partial charge in [-0.05, 0) is 46.2 Å². The number of amides is 1. The predicted molar refractivity (Wildman–Crippen MR) is 95.1 cm³/mol. The minimum absolute atomic E-state index is 0.333. The van der Waals surface area contributed by atoms with Crippen molar-refractivity contribution in [3.63, 3.8) is 0 Å². The van der Waals surface area contributed by atoms with Crippen LogP contribution in [0.1, 0.15) is 85.0 Å². The molecule has 0 aliphatic carbocycles. The van der Waals surface area contributed by atoms with E-state index >= 15 is 0 Å². The summed E-state index contributed by atoms with van der Waals surface area (Å²) < 4.78 is 0. The van der Waals surface area contributed by atoms with E-state index in [1.165, 1.54) is 57.8 Å². The van der Waals surface area contributed by atoms with Gasteiger partial charge < -0.3 is 4.90 Å². The average molecular weight is 311 g/mol. The van der Waals surface area contributed by atoms with Gasteiger partial charge in [-0.25, -0.2) is 0 Å². The molecule has 0 aromatic rings. The number of unbranched alkanes of at least 4 members (excludes halogenated alkanes) is 6. The summed E-state index contributed by atoms with van der Waals surface area (Å²) in [6, 6.07) is 0.399. The molecule has 0 N–H and O–H groups in total. The third-order valence-electron chi connectivity index (χ3n) is 4.98. The largest absolute Gasteiger partial charge is 0.339 e. The van der Waals surface area contributed by atoms with Gasteiger partial charge in [0.15, 0.2) is 0 Å². The lowest BCUT2D eigenvalue weighted by Gasteiger charge is -2.30. The van der Waals surface area contributed by atoms with Crippen molar-refractivity contribution >= 4 is 5.91 Å². The first-order valence-electron chi connectivity index (χ1n) is 9.70. The van der Waals surface area contributed by atoms with E-state index in [2.05, 4.69) is 30.6 Å². The van der Waals surface area contributed by atoms with Crippen LogP contribution in [0.15, 0.2) is 0 Å². The van der Waals surface area contributed by atoms with Gasteiger partial charge in [-0.3, -0.25) is 9.69 Å². The maximum atomic E-state index is 12.5. The van der Waals surface area contributed by atoms with Gasteiger partial charge in [-0.1, -0.05) is 51.9 Å². The fourth-order valence-electron chi connectivity index (χ4n) is 3.51. The quantitative estimate of drug-likeness (QED) is 0.497. The zero-order valence-corrected chi connectivity index (χ0v) is 15.3. The lowest BCUT2D eigenvalue weighted by atomic mass is 10.0. The van der Waals surface area contributed by atoms with E-state index in [1.54, 1.807) is 0 Å². The third-order valence-corrected chi connectivity index (χ3v) is 4.98. The van der Waals surface area contributed by atoms with E-state index in [0.717, 1.165) is 26.1 Å². The van der Waals surface area contributed by atoms with Crippen LogP contribution in [0.2, 0.25) is 0 Å². The molecule has 1 rings (SSSR count). The van der Waals surface area contributed by atoms with E-state index < -0.39 is 0 Å². The molecule has 0 bridgehead atoms. The van der Waals surface area contributed by atoms with Gasteiger partial charge in [0.1, 0.15) is 0 Å². The van der Waals surface area contributed by atoms with Gasteiger partial charge in [0.2, 0.25) is 5.91 Å². The molecular weight excluding hydrogens is 272 g/mol. The molecule has 0 aromatic heterocycles. The Kier molecular flexibility index (Phi) is 10.6. The molecule has 1 amide bonds. The highest BCUT2D eigenvalue weighted by molar-refractivity contribution is 5.78. The summed E-state index contributed by atoms with van der Waals surface area (Å²) in [6.07, 6.45) is 13.1. The maximum absolute atomic E-state index is 12.5. The number of hydrogen-bond donors (Lipinski definition) is 0. The summed E-state index contributed by atoms with van der Waals surface area (Å²) in [4.78, 5) is 16.9. The summed E-state index contributed by atoms with van der Waals surface area (Å²) in [5.41, 5.74) is 0. The lowest BCUT2D eigenvalue weighted by molar-refractivity contribution is -0.134. The zero-order chi connectivity index (χ0) is 16.2. The Morgan fingerprint density at radius 2 is 1.59 bits per heavy atom. The standard InChI is InChI=1S/C19H38N2O/c1-4-6-7-8-9-10-11-14-18(3)21(5-2)19(22)17-20-15-12-13-16-20/h18H,4-17H2,1-3H3/t18-/m0/s1. The Balaban J connectivity index is 2.16. The van der Waals surface area contributed by atoms with Crippen LogP contribution in [0, 0.1) is 0 Å². The van der Waals surface area contributed by atoms with Crippen molar-refractivity contribution < 1.29 is 4.79 Å². The van der Waals surface area contributed by atoms with E-state index in [4.69, 9.17) is 0 Å². The van der Waals surface area contributed by atoms with Crippen LogP contribution < -0.4 is 0 Å². The van der Waals surface area contributed by atoms with Crippen molar-refractivity contribution in [3.05, 3.63) is 0 Å². The predicted octanol–water partition coefficient (Wildman–Crippen LogP) is 4.46. The molecule has 0 saturated carbocycles. The van der Waals surface area contributed by atoms with Crippen LogP contribution in [0.5, 0.6) is 0 Å². The Labute approximate surface area is 138 Å². The highest BCUT2D eigenvalue weighted by Crippen LogP contribution is 2.14. The second-order valence-electron chi connectivity index (χ2n) is 6.92. The molecule has 3 nitrogen and oxygen atoms in total. The molecule has 0 spiro atoms. The molecule has 3 heteroatoms. The molecule has 0 aromatic carbocycles. The molecule has 0 unspecified atom stereocenters. The fraction of sp³-hybridized carbons (Fsp3) is 0.947. The summed E-state index contributed by atoms with van der Waals surface area (Å²) in [6.45, 7) is 10.3. The Morgan fingerprint density at radius 3 is 2.18 bits per heavy atom. The number of hydrogen-bond acceptors (Lipinski definition) is 2. The van der Waals surface area contributed by atoms with Gasteiger partial charge in [-0.2, -0.15) is 0 Å². The van der Waals surface area contributed by atoms with Crippen molar-refractivity contribution in [1.82, 2.24) is 9.80 Å². The molecule has 1 fully saturated rings. The van der Waals surface area contributed by atoms with Crippen LogP contribution >= 0.6 is 0 Å². The number of likely N-dealkylation sites (N-methyl/N-ethyl adjacent to an activating group) is 1. The van der Waals surface area contributed by atoms with Gasteiger partial charge in [0.05, 0.1) is 6.54 Å². The van der Waals surface area contributed by atoms with Crippen LogP contribution in [-0.4, -0.2) is 47.9 Å². The minimum atomic E-state index is 0.333. The maximum Gasteiger partial charge on any atom is 0.236 e. The summed E-state index contributed by atoms with van der Waals surface area (Å²) >= 11 is 0. The average Bonchev–Trinajstić information content (AvgIpc) is 3.00. The van der Waals surface area contributed by atoms with E-state index in [1.807, 2.05) is 0 Å². The molecule has 1 aliphatic rings. The Morgan fingerprint density at radius 1 is 1.00 bits per heavy atom. The zero-order valence-electron chi connectivity index (χ0n) is 15.3. The Hall–Kier alpha value is -0.570. The number of nitrogens with zero attached hydrogens (tertiary/aromatic N) is 2. The molecule has 1 aliphatic heterocycles. The van der Waals surface area contributed by atoms with Gasteiger partial charge >= 0.3 is 0 Å². The van der Waals surface area contributed by atoms with Crippen molar-refractivity contribution in [2.24, 2.45) is 0 Å². The smallest absolute Gasteiger partial charge is 0.236 e. The number of likely N-dealkylation sites (tertiary alicyclic amines) is 1. The topological polar surface area (TPSA) is 23.6 Å². The van der Waals surface area contributed by atoms with Gasteiger partial charge in [0.25, 0.3) is 0 Å². The van der Waals surface area contributed by atoms with Crippen molar-refractivity contribution in [3.8, 4) is 0 Å². The monoisotopic (exact) mass is 310 g/mol. The normalized spacial score (nSPS) is 16.9. The van der Waals surface area contributed by atoms with Gasteiger partial charge in [-0.15, -0.1) is 0 Å². The third kappa shape index (κ3) is 7.62. The molecule has 1 saturated heterocycles. The number of rotatable bonds is 12. The Bertz CT molecular complexity index is 287. The summed E-state index contributed by atoms with van der Waals surface area (Å²) in [5.74, 6) is 0.333. The molecule has 130 valence electrons. The van der Waals surface area contributed by atoms with Crippen LogP contribution in [0.4, 0.5) is 0 Å². The van der Waals surface area contributed by atoms with Crippen LogP contribution in [-0.2, 0) is 4.79 Å². The molecular formula is C19H38N2O. The van der Waals surface area contributed by atoms with Crippen LogP contribution in [0.3, 0.4) is 0 Å². The molecule has 1 atom stereocenters. The van der Waals surface area contributed by atoms with E-state index in [-0.39, 0.29) is 0 Å². The highest BCUT2D eigenvalue weighted by atomic mass is 16.2. The van der Waals surface area contributed by atoms with E-state index in [0.29, 0.717) is 18.5 Å². The van der Waals surface area contributed by atoms with Gasteiger partial charge in [0, 0.05) is 12.6 Å². The molecule has 22 heavy (non-hydrogen) atoms. The number of carbonyl (C=O) groups is 1. The lowest BCUT2D eigenvalue weighted by Crippen LogP contribution is -2.44. The SMILES string of the molecule is CCCCCCCCC[C@H](C)N(CC)C(=O)CN1CCCC1. The second-order valence-corrected chi connectivity index (χ2v) is 6.92. The number of carbonyl (C=O) groups excluding carboxylic acids is 1. The first-order valence-corrected chi connectivity index (χ1v) is 9.70.